The predicted octanol–water partition coefficient (Wildman–Crippen LogP) is 3.01. The Morgan fingerprint density at radius 1 is 0.833 bits per heavy atom. The van der Waals surface area contributed by atoms with E-state index in [9.17, 15) is 0 Å². The van der Waals surface area contributed by atoms with Gasteiger partial charge in [-0.1, -0.05) is 41.6 Å². The summed E-state index contributed by atoms with van der Waals surface area (Å²) in [6.07, 6.45) is 1.74. The molecule has 0 unspecified atom stereocenters. The van der Waals surface area contributed by atoms with E-state index in [2.05, 4.69) is 10.3 Å². The Balaban J connectivity index is 2.13. The second kappa shape index (κ2) is 5.82. The molecule has 0 heterocycles. The monoisotopic (exact) mass is 240 g/mol. The Bertz CT molecular complexity index is 549. The highest BCUT2D eigenvalue weighted by Crippen LogP contribution is 2.21. The standard InChI is InChI=1S/C14H16N4/c15-13-7-3-1-5-11(13)9-10-12-6-2-4-8-14(12)17-18-16/h1-8H,9-10,15H2,(H2,16,17). The highest BCUT2D eigenvalue weighted by Gasteiger charge is 2.03. The van der Waals surface area contributed by atoms with Gasteiger partial charge in [-0.05, 0) is 36.1 Å². The van der Waals surface area contributed by atoms with Crippen LogP contribution in [0.25, 0.3) is 0 Å². The van der Waals surface area contributed by atoms with E-state index in [1.807, 2.05) is 48.5 Å². The fourth-order valence-corrected chi connectivity index (χ4v) is 1.91. The third-order valence-corrected chi connectivity index (χ3v) is 2.88. The van der Waals surface area contributed by atoms with Crippen LogP contribution < -0.4 is 11.6 Å². The molecule has 0 radical (unpaired) electrons. The van der Waals surface area contributed by atoms with Crippen LogP contribution in [0.4, 0.5) is 11.4 Å². The number of benzene rings is 2. The smallest absolute Gasteiger partial charge is 0.0906 e. The van der Waals surface area contributed by atoms with E-state index in [0.717, 1.165) is 35.3 Å². The molecule has 0 aliphatic rings. The van der Waals surface area contributed by atoms with Crippen molar-refractivity contribution in [3.05, 3.63) is 59.7 Å². The van der Waals surface area contributed by atoms with Gasteiger partial charge in [0.1, 0.15) is 0 Å². The fourth-order valence-electron chi connectivity index (χ4n) is 1.91. The molecule has 0 saturated carbocycles. The van der Waals surface area contributed by atoms with Crippen molar-refractivity contribution in [1.29, 1.82) is 0 Å². The maximum absolute atomic E-state index is 5.92. The number of aryl methyl sites for hydroxylation is 2. The lowest BCUT2D eigenvalue weighted by molar-refractivity contribution is 0.950. The second-order valence-electron chi connectivity index (χ2n) is 4.04. The first-order valence-electron chi connectivity index (χ1n) is 5.83. The molecule has 4 nitrogen and oxygen atoms in total. The third-order valence-electron chi connectivity index (χ3n) is 2.88. The summed E-state index contributed by atoms with van der Waals surface area (Å²) in [5.74, 6) is 5.10. The Hall–Kier alpha value is -2.36. The molecule has 0 aliphatic carbocycles. The van der Waals surface area contributed by atoms with Crippen LogP contribution in [-0.4, -0.2) is 0 Å². The normalized spacial score (nSPS) is 10.9. The number of nitrogens with zero attached hydrogens (tertiary/aromatic N) is 2. The van der Waals surface area contributed by atoms with E-state index in [-0.39, 0.29) is 0 Å². The first-order chi connectivity index (χ1) is 8.81. The van der Waals surface area contributed by atoms with Gasteiger partial charge in [-0.15, -0.1) is 5.11 Å². The van der Waals surface area contributed by atoms with Crippen molar-refractivity contribution in [2.45, 2.75) is 12.8 Å². The Labute approximate surface area is 106 Å². The summed E-state index contributed by atoms with van der Waals surface area (Å²) in [5, 5.41) is 7.25. The summed E-state index contributed by atoms with van der Waals surface area (Å²) in [7, 11) is 0. The number of nitrogens with two attached hydrogens (primary N) is 2. The highest BCUT2D eigenvalue weighted by atomic mass is 15.3. The molecule has 92 valence electrons. The minimum absolute atomic E-state index is 0.814. The lowest BCUT2D eigenvalue weighted by atomic mass is 10.0. The van der Waals surface area contributed by atoms with Crippen molar-refractivity contribution in [1.82, 2.24) is 0 Å². The van der Waals surface area contributed by atoms with E-state index >= 15 is 0 Å². The summed E-state index contributed by atoms with van der Waals surface area (Å²) in [6, 6.07) is 15.7. The SMILES string of the molecule is NN=Nc1ccccc1CCc1ccccc1N. The van der Waals surface area contributed by atoms with E-state index in [1.54, 1.807) is 0 Å². The van der Waals surface area contributed by atoms with E-state index < -0.39 is 0 Å². The molecule has 0 saturated heterocycles. The number of hydrogen-bond acceptors (Lipinski definition) is 3. The van der Waals surface area contributed by atoms with Crippen LogP contribution >= 0.6 is 0 Å². The quantitative estimate of drug-likeness (QED) is 0.373. The molecule has 0 amide bonds. The van der Waals surface area contributed by atoms with Crippen LogP contribution in [0.15, 0.2) is 58.9 Å². The van der Waals surface area contributed by atoms with E-state index in [0.29, 0.717) is 0 Å². The molecule has 2 rings (SSSR count). The van der Waals surface area contributed by atoms with E-state index in [4.69, 9.17) is 11.6 Å². The fraction of sp³-hybridized carbons (Fsp3) is 0.143. The Morgan fingerprint density at radius 3 is 2.17 bits per heavy atom. The van der Waals surface area contributed by atoms with Crippen LogP contribution in [0.1, 0.15) is 11.1 Å². The Morgan fingerprint density at radius 2 is 1.44 bits per heavy atom. The lowest BCUT2D eigenvalue weighted by Crippen LogP contribution is -1.97. The zero-order valence-electron chi connectivity index (χ0n) is 10.1. The third kappa shape index (κ3) is 2.85. The zero-order valence-corrected chi connectivity index (χ0v) is 10.1. The topological polar surface area (TPSA) is 76.8 Å². The van der Waals surface area contributed by atoms with Crippen LogP contribution in [0, 0.1) is 0 Å². The highest BCUT2D eigenvalue weighted by molar-refractivity contribution is 5.49. The molecule has 4 N–H and O–H groups in total. The maximum Gasteiger partial charge on any atom is 0.0906 e. The average Bonchev–Trinajstić information content (AvgIpc) is 2.40. The molecule has 4 heteroatoms. The van der Waals surface area contributed by atoms with Crippen molar-refractivity contribution in [2.24, 2.45) is 16.2 Å². The first-order valence-corrected chi connectivity index (χ1v) is 5.83. The average molecular weight is 240 g/mol. The minimum atomic E-state index is 0.814. The second-order valence-corrected chi connectivity index (χ2v) is 4.04. The summed E-state index contributed by atoms with van der Waals surface area (Å²) in [6.45, 7) is 0. The van der Waals surface area contributed by atoms with Crippen molar-refractivity contribution in [2.75, 3.05) is 5.73 Å². The first kappa shape index (κ1) is 12.1. The molecule has 0 spiro atoms. The summed E-state index contributed by atoms with van der Waals surface area (Å²) < 4.78 is 0. The number of nitrogen functional groups attached to an aromatic ring is 1. The van der Waals surface area contributed by atoms with Crippen LogP contribution in [0.3, 0.4) is 0 Å². The van der Waals surface area contributed by atoms with Gasteiger partial charge in [0.2, 0.25) is 0 Å². The minimum Gasteiger partial charge on any atom is -0.399 e. The molecule has 2 aromatic carbocycles. The maximum atomic E-state index is 5.92. The predicted molar refractivity (Wildman–Crippen MR) is 73.4 cm³/mol. The number of anilines is 1. The van der Waals surface area contributed by atoms with Crippen molar-refractivity contribution >= 4 is 11.4 Å². The van der Waals surface area contributed by atoms with Gasteiger partial charge in [0.25, 0.3) is 0 Å². The molecular weight excluding hydrogens is 224 g/mol. The van der Waals surface area contributed by atoms with Crippen molar-refractivity contribution < 1.29 is 0 Å². The van der Waals surface area contributed by atoms with Gasteiger partial charge in [0.05, 0.1) is 5.69 Å². The molecule has 0 aromatic heterocycles. The molecule has 0 bridgehead atoms. The van der Waals surface area contributed by atoms with Gasteiger partial charge in [0, 0.05) is 5.69 Å². The number of para-hydroxylation sites is 1. The van der Waals surface area contributed by atoms with Crippen molar-refractivity contribution in [3.63, 3.8) is 0 Å². The summed E-state index contributed by atoms with van der Waals surface area (Å²) in [4.78, 5) is 0. The zero-order chi connectivity index (χ0) is 12.8. The van der Waals surface area contributed by atoms with Crippen LogP contribution in [-0.2, 0) is 12.8 Å². The van der Waals surface area contributed by atoms with Gasteiger partial charge in [0.15, 0.2) is 0 Å². The Kier molecular flexibility index (Phi) is 3.91. The van der Waals surface area contributed by atoms with Crippen LogP contribution in [0.2, 0.25) is 0 Å². The lowest BCUT2D eigenvalue weighted by Gasteiger charge is -2.07. The summed E-state index contributed by atoms with van der Waals surface area (Å²) >= 11 is 0. The molecule has 18 heavy (non-hydrogen) atoms. The number of rotatable bonds is 4. The molecule has 2 aromatic rings. The van der Waals surface area contributed by atoms with E-state index in [1.165, 1.54) is 0 Å². The van der Waals surface area contributed by atoms with Crippen LogP contribution in [0.5, 0.6) is 0 Å². The van der Waals surface area contributed by atoms with Gasteiger partial charge in [-0.3, -0.25) is 0 Å². The molecule has 0 atom stereocenters. The van der Waals surface area contributed by atoms with Gasteiger partial charge < -0.3 is 11.6 Å². The van der Waals surface area contributed by atoms with Gasteiger partial charge in [-0.2, -0.15) is 0 Å². The molecule has 0 aliphatic heterocycles. The van der Waals surface area contributed by atoms with Crippen molar-refractivity contribution in [3.8, 4) is 0 Å². The molecule has 0 fully saturated rings. The summed E-state index contributed by atoms with van der Waals surface area (Å²) in [5.41, 5.74) is 9.83. The van der Waals surface area contributed by atoms with Gasteiger partial charge in [-0.25, -0.2) is 0 Å². The molecular formula is C14H16N4. The largest absolute Gasteiger partial charge is 0.399 e. The van der Waals surface area contributed by atoms with Gasteiger partial charge >= 0.3 is 0 Å². The number of hydrogen-bond donors (Lipinski definition) is 2.